The number of esters is 1. The van der Waals surface area contributed by atoms with Crippen LogP contribution < -0.4 is 10.6 Å². The lowest BCUT2D eigenvalue weighted by molar-refractivity contribution is -0.113. The number of anilines is 2. The Morgan fingerprint density at radius 2 is 2.00 bits per heavy atom. The van der Waals surface area contributed by atoms with E-state index >= 15 is 0 Å². The fourth-order valence-electron chi connectivity index (χ4n) is 2.32. The van der Waals surface area contributed by atoms with Crippen LogP contribution in [0.4, 0.5) is 10.1 Å². The summed E-state index contributed by atoms with van der Waals surface area (Å²) in [4.78, 5) is 25.7. The van der Waals surface area contributed by atoms with Gasteiger partial charge in [0.05, 0.1) is 24.5 Å². The lowest BCUT2D eigenvalue weighted by atomic mass is 10.1. The normalized spacial score (nSPS) is 10.7. The van der Waals surface area contributed by atoms with Crippen LogP contribution in [-0.2, 0) is 20.7 Å². The van der Waals surface area contributed by atoms with Gasteiger partial charge in [-0.3, -0.25) is 4.79 Å². The molecule has 0 unspecified atom stereocenters. The molecule has 0 radical (unpaired) electrons. The summed E-state index contributed by atoms with van der Waals surface area (Å²) in [5, 5.41) is 15.2. The molecule has 2 rings (SSSR count). The van der Waals surface area contributed by atoms with Crippen LogP contribution in [0.5, 0.6) is 0 Å². The van der Waals surface area contributed by atoms with Crippen molar-refractivity contribution in [2.24, 2.45) is 0 Å². The molecule has 0 atom stereocenters. The SMILES string of the molecule is CCOC(=O)c1c(NC(=O)CSc2nnc(NCCOC)s2)sc(CC)c1C. The Morgan fingerprint density at radius 3 is 2.68 bits per heavy atom. The van der Waals surface area contributed by atoms with Crippen molar-refractivity contribution in [2.45, 2.75) is 31.5 Å². The van der Waals surface area contributed by atoms with Crippen LogP contribution in [0.2, 0.25) is 0 Å². The zero-order valence-corrected chi connectivity index (χ0v) is 18.7. The van der Waals surface area contributed by atoms with Gasteiger partial charge in [-0.05, 0) is 25.8 Å². The highest BCUT2D eigenvalue weighted by molar-refractivity contribution is 8.01. The zero-order chi connectivity index (χ0) is 20.5. The maximum Gasteiger partial charge on any atom is 0.341 e. The van der Waals surface area contributed by atoms with Gasteiger partial charge in [0.2, 0.25) is 11.0 Å². The molecule has 0 saturated heterocycles. The second-order valence-electron chi connectivity index (χ2n) is 5.56. The number of nitrogens with zero attached hydrogens (tertiary/aromatic N) is 2. The number of hydrogen-bond donors (Lipinski definition) is 2. The number of aromatic nitrogens is 2. The largest absolute Gasteiger partial charge is 0.462 e. The van der Waals surface area contributed by atoms with E-state index in [1.807, 2.05) is 13.8 Å². The number of carbonyl (C=O) groups excluding carboxylic acids is 2. The topological polar surface area (TPSA) is 102 Å². The molecule has 8 nitrogen and oxygen atoms in total. The van der Waals surface area contributed by atoms with Gasteiger partial charge in [-0.1, -0.05) is 30.0 Å². The first-order chi connectivity index (χ1) is 13.5. The summed E-state index contributed by atoms with van der Waals surface area (Å²) in [6, 6.07) is 0. The Hall–Kier alpha value is -1.69. The fraction of sp³-hybridized carbons (Fsp3) is 0.529. The summed E-state index contributed by atoms with van der Waals surface area (Å²) < 4.78 is 10.8. The van der Waals surface area contributed by atoms with Crippen molar-refractivity contribution in [3.63, 3.8) is 0 Å². The Balaban J connectivity index is 1.96. The number of carbonyl (C=O) groups is 2. The molecule has 0 bridgehead atoms. The number of ether oxygens (including phenoxy) is 2. The average molecular weight is 445 g/mol. The van der Waals surface area contributed by atoms with Crippen molar-refractivity contribution in [3.8, 4) is 0 Å². The lowest BCUT2D eigenvalue weighted by Gasteiger charge is -2.06. The van der Waals surface area contributed by atoms with Crippen LogP contribution in [0.3, 0.4) is 0 Å². The predicted molar refractivity (Wildman–Crippen MR) is 114 cm³/mol. The highest BCUT2D eigenvalue weighted by Crippen LogP contribution is 2.34. The van der Waals surface area contributed by atoms with Gasteiger partial charge in [-0.15, -0.1) is 21.5 Å². The van der Waals surface area contributed by atoms with Gasteiger partial charge in [-0.2, -0.15) is 0 Å². The summed E-state index contributed by atoms with van der Waals surface area (Å²) >= 11 is 4.09. The lowest BCUT2D eigenvalue weighted by Crippen LogP contribution is -2.16. The molecule has 2 aromatic rings. The van der Waals surface area contributed by atoms with E-state index in [0.717, 1.165) is 16.9 Å². The molecule has 0 aliphatic heterocycles. The van der Waals surface area contributed by atoms with Crippen LogP contribution in [-0.4, -0.2) is 54.7 Å². The van der Waals surface area contributed by atoms with E-state index in [2.05, 4.69) is 20.8 Å². The number of rotatable bonds is 11. The van der Waals surface area contributed by atoms with E-state index in [9.17, 15) is 9.59 Å². The van der Waals surface area contributed by atoms with Crippen LogP contribution >= 0.6 is 34.4 Å². The van der Waals surface area contributed by atoms with Crippen LogP contribution in [0.25, 0.3) is 0 Å². The van der Waals surface area contributed by atoms with Crippen molar-refractivity contribution < 1.29 is 19.1 Å². The predicted octanol–water partition coefficient (Wildman–Crippen LogP) is 3.44. The van der Waals surface area contributed by atoms with E-state index in [4.69, 9.17) is 9.47 Å². The van der Waals surface area contributed by atoms with Gasteiger partial charge in [0.25, 0.3) is 0 Å². The van der Waals surface area contributed by atoms with Gasteiger partial charge in [-0.25, -0.2) is 4.79 Å². The Bertz CT molecular complexity index is 806. The highest BCUT2D eigenvalue weighted by Gasteiger charge is 2.23. The van der Waals surface area contributed by atoms with Crippen molar-refractivity contribution in [1.29, 1.82) is 0 Å². The van der Waals surface area contributed by atoms with E-state index in [-0.39, 0.29) is 18.3 Å². The minimum atomic E-state index is -0.408. The van der Waals surface area contributed by atoms with Gasteiger partial charge in [0, 0.05) is 18.5 Å². The number of nitrogens with one attached hydrogen (secondary N) is 2. The Morgan fingerprint density at radius 1 is 1.21 bits per heavy atom. The number of thioether (sulfide) groups is 1. The molecule has 0 aliphatic carbocycles. The number of methoxy groups -OCH3 is 1. The van der Waals surface area contributed by atoms with Gasteiger partial charge < -0.3 is 20.1 Å². The molecule has 2 aromatic heterocycles. The smallest absolute Gasteiger partial charge is 0.341 e. The average Bonchev–Trinajstić information content (AvgIpc) is 3.24. The molecule has 28 heavy (non-hydrogen) atoms. The first-order valence-electron chi connectivity index (χ1n) is 8.78. The molecular formula is C17H24N4O4S3. The summed E-state index contributed by atoms with van der Waals surface area (Å²) in [6.07, 6.45) is 0.789. The monoisotopic (exact) mass is 444 g/mol. The van der Waals surface area contributed by atoms with Crippen molar-refractivity contribution in [2.75, 3.05) is 43.3 Å². The van der Waals surface area contributed by atoms with Crippen molar-refractivity contribution in [1.82, 2.24) is 10.2 Å². The minimum Gasteiger partial charge on any atom is -0.462 e. The van der Waals surface area contributed by atoms with Crippen LogP contribution in [0.15, 0.2) is 4.34 Å². The molecule has 154 valence electrons. The van der Waals surface area contributed by atoms with Crippen molar-refractivity contribution in [3.05, 3.63) is 16.0 Å². The summed E-state index contributed by atoms with van der Waals surface area (Å²) in [6.45, 7) is 7.16. The third-order valence-corrected chi connectivity index (χ3v) is 6.98. The molecule has 2 heterocycles. The summed E-state index contributed by atoms with van der Waals surface area (Å²) in [5.74, 6) is -0.439. The maximum absolute atomic E-state index is 12.4. The van der Waals surface area contributed by atoms with Gasteiger partial charge in [0.15, 0.2) is 4.34 Å². The molecule has 0 aliphatic rings. The molecular weight excluding hydrogens is 420 g/mol. The molecule has 0 spiro atoms. The quantitative estimate of drug-likeness (QED) is 0.309. The molecule has 2 N–H and O–H groups in total. The van der Waals surface area contributed by atoms with Gasteiger partial charge >= 0.3 is 5.97 Å². The summed E-state index contributed by atoms with van der Waals surface area (Å²) in [7, 11) is 1.63. The highest BCUT2D eigenvalue weighted by atomic mass is 32.2. The Labute approximate surface area is 176 Å². The number of hydrogen-bond acceptors (Lipinski definition) is 10. The molecule has 0 saturated carbocycles. The van der Waals surface area contributed by atoms with Gasteiger partial charge in [0.1, 0.15) is 5.00 Å². The fourth-order valence-corrected chi connectivity index (χ4v) is 5.05. The zero-order valence-electron chi connectivity index (χ0n) is 16.3. The first kappa shape index (κ1) is 22.6. The van der Waals surface area contributed by atoms with E-state index in [1.54, 1.807) is 14.0 Å². The number of amides is 1. The van der Waals surface area contributed by atoms with E-state index in [0.29, 0.717) is 33.2 Å². The second-order valence-corrected chi connectivity index (χ2v) is 8.86. The third-order valence-electron chi connectivity index (χ3n) is 3.61. The Kier molecular flexibility index (Phi) is 9.16. The molecule has 1 amide bonds. The standard InChI is InChI=1S/C17H24N4O4S3/c1-5-11-10(3)13(15(23)25-6-2)14(27-11)19-12(22)9-26-17-21-20-16(28-17)18-7-8-24-4/h5-9H2,1-4H3,(H,18,20)(H,19,22). The molecule has 11 heteroatoms. The number of aryl methyl sites for hydroxylation is 1. The third kappa shape index (κ3) is 6.16. The maximum atomic E-state index is 12.4. The first-order valence-corrected chi connectivity index (χ1v) is 11.4. The van der Waals surface area contributed by atoms with Crippen molar-refractivity contribution >= 4 is 56.4 Å². The minimum absolute atomic E-state index is 0.174. The van der Waals surface area contributed by atoms with Crippen LogP contribution in [0, 0.1) is 6.92 Å². The van der Waals surface area contributed by atoms with E-state index in [1.165, 1.54) is 34.4 Å². The second kappa shape index (κ2) is 11.3. The summed E-state index contributed by atoms with van der Waals surface area (Å²) in [5.41, 5.74) is 1.31. The molecule has 0 fully saturated rings. The van der Waals surface area contributed by atoms with Crippen LogP contribution in [0.1, 0.15) is 34.6 Å². The molecule has 0 aromatic carbocycles. The number of thiophene rings is 1. The van der Waals surface area contributed by atoms with E-state index < -0.39 is 5.97 Å².